The number of benzene rings is 4. The Morgan fingerprint density at radius 2 is 1.35 bits per heavy atom. The van der Waals surface area contributed by atoms with E-state index in [1.807, 2.05) is 79.7 Å². The minimum atomic E-state index is -0.251. The van der Waals surface area contributed by atoms with Crippen molar-refractivity contribution >= 4 is 29.3 Å². The van der Waals surface area contributed by atoms with Gasteiger partial charge in [-0.2, -0.15) is 0 Å². The van der Waals surface area contributed by atoms with Gasteiger partial charge in [-0.05, 0) is 54.4 Å². The van der Waals surface area contributed by atoms with Gasteiger partial charge in [-0.3, -0.25) is 9.59 Å². The summed E-state index contributed by atoms with van der Waals surface area (Å²) in [5, 5.41) is 5.90. The molecule has 4 aromatic carbocycles. The summed E-state index contributed by atoms with van der Waals surface area (Å²) in [6.45, 7) is 1.94. The average molecular weight is 467 g/mol. The van der Waals surface area contributed by atoms with Gasteiger partial charge in [0.1, 0.15) is 0 Å². The maximum absolute atomic E-state index is 12.9. The molecule has 4 nitrogen and oxygen atoms in total. The van der Waals surface area contributed by atoms with Crippen LogP contribution < -0.4 is 10.6 Å². The van der Waals surface area contributed by atoms with E-state index in [4.69, 9.17) is 0 Å². The molecule has 4 rings (SSSR count). The van der Waals surface area contributed by atoms with Gasteiger partial charge in [0.25, 0.3) is 11.8 Å². The van der Waals surface area contributed by atoms with E-state index >= 15 is 0 Å². The quantitative estimate of drug-likeness (QED) is 0.283. The second-order valence-corrected chi connectivity index (χ2v) is 8.95. The van der Waals surface area contributed by atoms with E-state index in [9.17, 15) is 9.59 Å². The zero-order valence-electron chi connectivity index (χ0n) is 18.9. The van der Waals surface area contributed by atoms with Gasteiger partial charge in [-0.25, -0.2) is 0 Å². The molecular weight excluding hydrogens is 440 g/mol. The number of thioether (sulfide) groups is 1. The minimum Gasteiger partial charge on any atom is -0.345 e. The van der Waals surface area contributed by atoms with Crippen molar-refractivity contribution in [2.45, 2.75) is 23.6 Å². The molecule has 0 saturated carbocycles. The van der Waals surface area contributed by atoms with Gasteiger partial charge < -0.3 is 10.6 Å². The van der Waals surface area contributed by atoms with Crippen molar-refractivity contribution in [1.82, 2.24) is 5.32 Å². The van der Waals surface area contributed by atoms with Gasteiger partial charge in [0.2, 0.25) is 0 Å². The standard InChI is InChI=1S/C29H26N2O2S/c1-21(23-10-4-2-5-11-23)30-29(33)26-14-8-9-15-27(26)31-28(32)24-18-16-22(17-19-24)20-34-25-12-6-3-7-13-25/h2-19,21H,20H2,1H3,(H,30,33)(H,31,32)/t21-/m0/s1. The van der Waals surface area contributed by atoms with Crippen LogP contribution in [-0.4, -0.2) is 11.8 Å². The first kappa shape index (κ1) is 23.3. The van der Waals surface area contributed by atoms with E-state index in [-0.39, 0.29) is 17.9 Å². The molecule has 0 radical (unpaired) electrons. The number of nitrogens with one attached hydrogen (secondary N) is 2. The lowest BCUT2D eigenvalue weighted by atomic mass is 10.1. The molecular formula is C29H26N2O2S. The van der Waals surface area contributed by atoms with E-state index in [2.05, 4.69) is 22.8 Å². The molecule has 0 heterocycles. The van der Waals surface area contributed by atoms with Crippen molar-refractivity contribution < 1.29 is 9.59 Å². The lowest BCUT2D eigenvalue weighted by Gasteiger charge is -2.16. The molecule has 0 aromatic heterocycles. The van der Waals surface area contributed by atoms with Crippen LogP contribution in [0.25, 0.3) is 0 Å². The Bertz CT molecular complexity index is 1240. The number of hydrogen-bond acceptors (Lipinski definition) is 3. The fraction of sp³-hybridized carbons (Fsp3) is 0.103. The molecule has 1 atom stereocenters. The van der Waals surface area contributed by atoms with E-state index in [1.165, 1.54) is 4.90 Å². The van der Waals surface area contributed by atoms with Gasteiger partial charge in [-0.1, -0.05) is 72.8 Å². The van der Waals surface area contributed by atoms with E-state index in [0.29, 0.717) is 16.8 Å². The highest BCUT2D eigenvalue weighted by atomic mass is 32.2. The number of amides is 2. The minimum absolute atomic E-state index is 0.154. The molecule has 0 aliphatic rings. The number of anilines is 1. The second-order valence-electron chi connectivity index (χ2n) is 7.90. The summed E-state index contributed by atoms with van der Waals surface area (Å²) >= 11 is 1.75. The third-order valence-corrected chi connectivity index (χ3v) is 6.52. The number of carbonyl (C=O) groups excluding carboxylic acids is 2. The molecule has 0 spiro atoms. The molecule has 34 heavy (non-hydrogen) atoms. The Hall–Kier alpha value is -3.83. The predicted molar refractivity (Wildman–Crippen MR) is 139 cm³/mol. The zero-order chi connectivity index (χ0) is 23.8. The Labute approximate surface area is 204 Å². The number of hydrogen-bond donors (Lipinski definition) is 2. The topological polar surface area (TPSA) is 58.2 Å². The molecule has 0 saturated heterocycles. The summed E-state index contributed by atoms with van der Waals surface area (Å²) < 4.78 is 0. The van der Waals surface area contributed by atoms with Crippen LogP contribution in [0.15, 0.2) is 114 Å². The highest BCUT2D eigenvalue weighted by Crippen LogP contribution is 2.23. The van der Waals surface area contributed by atoms with Crippen LogP contribution in [0.4, 0.5) is 5.69 Å². The summed E-state index contributed by atoms with van der Waals surface area (Å²) in [7, 11) is 0. The maximum Gasteiger partial charge on any atom is 0.255 e. The van der Waals surface area contributed by atoms with Gasteiger partial charge in [0.05, 0.1) is 17.3 Å². The molecule has 5 heteroatoms. The lowest BCUT2D eigenvalue weighted by molar-refractivity contribution is 0.0940. The van der Waals surface area contributed by atoms with E-state index < -0.39 is 0 Å². The molecule has 0 aliphatic carbocycles. The van der Waals surface area contributed by atoms with Crippen LogP contribution in [0.1, 0.15) is 44.8 Å². The summed E-state index contributed by atoms with van der Waals surface area (Å²) in [5.74, 6) is 0.341. The second kappa shape index (κ2) is 11.3. The van der Waals surface area contributed by atoms with Crippen molar-refractivity contribution in [3.63, 3.8) is 0 Å². The molecule has 170 valence electrons. The SMILES string of the molecule is C[C@H](NC(=O)c1ccccc1NC(=O)c1ccc(CSc2ccccc2)cc1)c1ccccc1. The Kier molecular flexibility index (Phi) is 7.79. The molecule has 0 bridgehead atoms. The number of para-hydroxylation sites is 1. The molecule has 0 aliphatic heterocycles. The van der Waals surface area contributed by atoms with Crippen molar-refractivity contribution in [3.8, 4) is 0 Å². The molecule has 2 amide bonds. The highest BCUT2D eigenvalue weighted by Gasteiger charge is 2.16. The molecule has 0 unspecified atom stereocenters. The summed E-state index contributed by atoms with van der Waals surface area (Å²) in [6.07, 6.45) is 0. The fourth-order valence-electron chi connectivity index (χ4n) is 3.52. The largest absolute Gasteiger partial charge is 0.345 e. The number of carbonyl (C=O) groups is 2. The summed E-state index contributed by atoms with van der Waals surface area (Å²) in [4.78, 5) is 27.0. The smallest absolute Gasteiger partial charge is 0.255 e. The summed E-state index contributed by atoms with van der Waals surface area (Å²) in [5.41, 5.74) is 3.60. The highest BCUT2D eigenvalue weighted by molar-refractivity contribution is 7.98. The van der Waals surface area contributed by atoms with Gasteiger partial charge in [0, 0.05) is 16.2 Å². The Morgan fingerprint density at radius 3 is 2.06 bits per heavy atom. The molecule has 2 N–H and O–H groups in total. The zero-order valence-corrected chi connectivity index (χ0v) is 19.7. The van der Waals surface area contributed by atoms with Crippen LogP contribution in [-0.2, 0) is 5.75 Å². The van der Waals surface area contributed by atoms with Gasteiger partial charge in [0.15, 0.2) is 0 Å². The Morgan fingerprint density at radius 1 is 0.735 bits per heavy atom. The van der Waals surface area contributed by atoms with Crippen molar-refractivity contribution in [3.05, 3.63) is 131 Å². The first-order chi connectivity index (χ1) is 16.6. The van der Waals surface area contributed by atoms with Crippen molar-refractivity contribution in [2.75, 3.05) is 5.32 Å². The maximum atomic E-state index is 12.9. The first-order valence-electron chi connectivity index (χ1n) is 11.1. The van der Waals surface area contributed by atoms with Crippen LogP contribution in [0.3, 0.4) is 0 Å². The van der Waals surface area contributed by atoms with Gasteiger partial charge in [-0.15, -0.1) is 11.8 Å². The van der Waals surface area contributed by atoms with Crippen LogP contribution in [0, 0.1) is 0 Å². The number of rotatable bonds is 8. The summed E-state index contributed by atoms with van der Waals surface area (Å²) in [6, 6.07) is 34.4. The lowest BCUT2D eigenvalue weighted by Crippen LogP contribution is -2.28. The van der Waals surface area contributed by atoms with Crippen molar-refractivity contribution in [1.29, 1.82) is 0 Å². The van der Waals surface area contributed by atoms with E-state index in [0.717, 1.165) is 16.9 Å². The third kappa shape index (κ3) is 6.15. The van der Waals surface area contributed by atoms with Crippen LogP contribution in [0.2, 0.25) is 0 Å². The van der Waals surface area contributed by atoms with Crippen molar-refractivity contribution in [2.24, 2.45) is 0 Å². The van der Waals surface area contributed by atoms with Gasteiger partial charge >= 0.3 is 0 Å². The Balaban J connectivity index is 1.40. The third-order valence-electron chi connectivity index (χ3n) is 5.43. The monoisotopic (exact) mass is 466 g/mol. The average Bonchev–Trinajstić information content (AvgIpc) is 2.89. The molecule has 4 aromatic rings. The first-order valence-corrected chi connectivity index (χ1v) is 12.1. The van der Waals surface area contributed by atoms with Crippen LogP contribution >= 0.6 is 11.8 Å². The van der Waals surface area contributed by atoms with E-state index in [1.54, 1.807) is 36.0 Å². The normalized spacial score (nSPS) is 11.4. The molecule has 0 fully saturated rings. The van der Waals surface area contributed by atoms with Crippen LogP contribution in [0.5, 0.6) is 0 Å². The predicted octanol–water partition coefficient (Wildman–Crippen LogP) is 6.72. The fourth-order valence-corrected chi connectivity index (χ4v) is 4.40.